The van der Waals surface area contributed by atoms with Gasteiger partial charge in [-0.05, 0) is 48.6 Å². The van der Waals surface area contributed by atoms with Crippen LogP contribution in [0.15, 0.2) is 42.5 Å². The number of nitrogens with one attached hydrogen (secondary N) is 1. The highest BCUT2D eigenvalue weighted by atomic mass is 16.5. The molecule has 27 heavy (non-hydrogen) atoms. The standard InChI is InChI=1S/C22H28N2O3/c1-5-19-8-6-7-16(2)22(19)23-21(26)15-24(17(3)25)14-13-18-9-11-20(27-4)12-10-18/h6-12H,5,13-15H2,1-4H3,(H,23,26). The lowest BCUT2D eigenvalue weighted by Gasteiger charge is -2.21. The van der Waals surface area contributed by atoms with Crippen molar-refractivity contribution >= 4 is 17.5 Å². The Balaban J connectivity index is 1.98. The number of anilines is 1. The number of nitrogens with zero attached hydrogens (tertiary/aromatic N) is 1. The Hall–Kier alpha value is -2.82. The van der Waals surface area contributed by atoms with Crippen molar-refractivity contribution in [1.29, 1.82) is 0 Å². The molecule has 1 N–H and O–H groups in total. The fourth-order valence-electron chi connectivity index (χ4n) is 2.96. The van der Waals surface area contributed by atoms with E-state index in [1.807, 2.05) is 49.4 Å². The smallest absolute Gasteiger partial charge is 0.244 e. The van der Waals surface area contributed by atoms with E-state index in [0.717, 1.165) is 34.5 Å². The maximum absolute atomic E-state index is 12.5. The van der Waals surface area contributed by atoms with E-state index in [4.69, 9.17) is 4.74 Å². The normalized spacial score (nSPS) is 10.4. The molecule has 0 spiro atoms. The van der Waals surface area contributed by atoms with Gasteiger partial charge in [-0.15, -0.1) is 0 Å². The van der Waals surface area contributed by atoms with Gasteiger partial charge < -0.3 is 15.0 Å². The molecule has 0 heterocycles. The molecule has 0 saturated heterocycles. The summed E-state index contributed by atoms with van der Waals surface area (Å²) in [6.07, 6.45) is 1.52. The SMILES string of the molecule is CCc1cccc(C)c1NC(=O)CN(CCc1ccc(OC)cc1)C(C)=O. The van der Waals surface area contributed by atoms with Crippen molar-refractivity contribution in [2.24, 2.45) is 0 Å². The van der Waals surface area contributed by atoms with Gasteiger partial charge in [0.1, 0.15) is 5.75 Å². The first-order chi connectivity index (χ1) is 12.9. The summed E-state index contributed by atoms with van der Waals surface area (Å²) < 4.78 is 5.15. The van der Waals surface area contributed by atoms with Gasteiger partial charge in [-0.25, -0.2) is 0 Å². The lowest BCUT2D eigenvalue weighted by molar-refractivity contribution is -0.132. The molecule has 0 unspecified atom stereocenters. The van der Waals surface area contributed by atoms with Gasteiger partial charge in [0.25, 0.3) is 0 Å². The van der Waals surface area contributed by atoms with Crippen LogP contribution in [-0.2, 0) is 22.4 Å². The molecule has 0 atom stereocenters. The molecule has 0 saturated carbocycles. The van der Waals surface area contributed by atoms with Crippen molar-refractivity contribution in [2.45, 2.75) is 33.6 Å². The number of methoxy groups -OCH3 is 1. The summed E-state index contributed by atoms with van der Waals surface area (Å²) in [4.78, 5) is 26.1. The topological polar surface area (TPSA) is 58.6 Å². The molecule has 2 rings (SSSR count). The summed E-state index contributed by atoms with van der Waals surface area (Å²) in [6.45, 7) is 6.06. The second kappa shape index (κ2) is 9.76. The van der Waals surface area contributed by atoms with E-state index in [0.29, 0.717) is 13.0 Å². The Bertz CT molecular complexity index is 785. The molecule has 0 fully saturated rings. The van der Waals surface area contributed by atoms with Crippen LogP contribution in [0.2, 0.25) is 0 Å². The van der Waals surface area contributed by atoms with Gasteiger partial charge in [-0.3, -0.25) is 9.59 Å². The minimum absolute atomic E-state index is 0.0446. The van der Waals surface area contributed by atoms with Crippen LogP contribution in [0.25, 0.3) is 0 Å². The summed E-state index contributed by atoms with van der Waals surface area (Å²) in [5.74, 6) is 0.509. The molecule has 0 aliphatic rings. The largest absolute Gasteiger partial charge is 0.497 e. The number of ether oxygens (including phenoxy) is 1. The lowest BCUT2D eigenvalue weighted by atomic mass is 10.1. The molecule has 0 radical (unpaired) electrons. The van der Waals surface area contributed by atoms with E-state index in [2.05, 4.69) is 12.2 Å². The van der Waals surface area contributed by atoms with E-state index in [1.165, 1.54) is 6.92 Å². The Morgan fingerprint density at radius 3 is 2.41 bits per heavy atom. The first kappa shape index (κ1) is 20.5. The monoisotopic (exact) mass is 368 g/mol. The molecule has 2 amide bonds. The molecule has 0 bridgehead atoms. The minimum atomic E-state index is -0.177. The van der Waals surface area contributed by atoms with Gasteiger partial charge in [-0.1, -0.05) is 37.3 Å². The molecule has 144 valence electrons. The van der Waals surface area contributed by atoms with E-state index >= 15 is 0 Å². The summed E-state index contributed by atoms with van der Waals surface area (Å²) in [5, 5.41) is 2.98. The number of benzene rings is 2. The van der Waals surface area contributed by atoms with Gasteiger partial charge in [0, 0.05) is 19.2 Å². The number of aryl methyl sites for hydroxylation is 2. The molecular formula is C22H28N2O3. The Labute approximate surface area is 161 Å². The first-order valence-electron chi connectivity index (χ1n) is 9.21. The van der Waals surface area contributed by atoms with Gasteiger partial charge in [0.2, 0.25) is 11.8 Å². The van der Waals surface area contributed by atoms with Crippen LogP contribution in [0.5, 0.6) is 5.75 Å². The van der Waals surface area contributed by atoms with E-state index < -0.39 is 0 Å². The van der Waals surface area contributed by atoms with Crippen molar-refractivity contribution in [2.75, 3.05) is 25.5 Å². The maximum Gasteiger partial charge on any atom is 0.244 e. The molecule has 2 aromatic rings. The predicted molar refractivity (Wildman–Crippen MR) is 108 cm³/mol. The third-order valence-corrected chi connectivity index (χ3v) is 4.61. The highest BCUT2D eigenvalue weighted by molar-refractivity contribution is 5.95. The van der Waals surface area contributed by atoms with Gasteiger partial charge in [0.05, 0.1) is 13.7 Å². The number of carbonyl (C=O) groups is 2. The second-order valence-corrected chi connectivity index (χ2v) is 6.55. The Morgan fingerprint density at radius 2 is 1.81 bits per heavy atom. The van der Waals surface area contributed by atoms with Gasteiger partial charge >= 0.3 is 0 Å². The number of hydrogen-bond acceptors (Lipinski definition) is 3. The van der Waals surface area contributed by atoms with Crippen LogP contribution < -0.4 is 10.1 Å². The van der Waals surface area contributed by atoms with E-state index in [9.17, 15) is 9.59 Å². The van der Waals surface area contributed by atoms with Crippen LogP contribution in [0.4, 0.5) is 5.69 Å². The molecule has 5 nitrogen and oxygen atoms in total. The van der Waals surface area contributed by atoms with E-state index in [1.54, 1.807) is 12.0 Å². The molecule has 5 heteroatoms. The average molecular weight is 368 g/mol. The fourth-order valence-corrected chi connectivity index (χ4v) is 2.96. The molecule has 0 aliphatic carbocycles. The zero-order chi connectivity index (χ0) is 19.8. The maximum atomic E-state index is 12.5. The molecule has 0 aromatic heterocycles. The summed E-state index contributed by atoms with van der Waals surface area (Å²) >= 11 is 0. The highest BCUT2D eigenvalue weighted by Gasteiger charge is 2.15. The third kappa shape index (κ3) is 5.84. The highest BCUT2D eigenvalue weighted by Crippen LogP contribution is 2.21. The molecule has 0 aliphatic heterocycles. The molecular weight excluding hydrogens is 340 g/mol. The number of rotatable bonds is 8. The van der Waals surface area contributed by atoms with Crippen LogP contribution in [0.3, 0.4) is 0 Å². The summed E-state index contributed by atoms with van der Waals surface area (Å²) in [7, 11) is 1.63. The summed E-state index contributed by atoms with van der Waals surface area (Å²) in [6, 6.07) is 13.7. The van der Waals surface area contributed by atoms with Crippen molar-refractivity contribution in [3.8, 4) is 5.75 Å². The second-order valence-electron chi connectivity index (χ2n) is 6.55. The zero-order valence-corrected chi connectivity index (χ0v) is 16.5. The van der Waals surface area contributed by atoms with Crippen LogP contribution in [-0.4, -0.2) is 36.9 Å². The number of amides is 2. The predicted octanol–water partition coefficient (Wildman–Crippen LogP) is 3.60. The Kier molecular flexibility index (Phi) is 7.41. The van der Waals surface area contributed by atoms with Gasteiger partial charge in [0.15, 0.2) is 0 Å². The lowest BCUT2D eigenvalue weighted by Crippen LogP contribution is -2.38. The van der Waals surface area contributed by atoms with Crippen molar-refractivity contribution < 1.29 is 14.3 Å². The number of hydrogen-bond donors (Lipinski definition) is 1. The van der Waals surface area contributed by atoms with Crippen molar-refractivity contribution in [1.82, 2.24) is 4.90 Å². The van der Waals surface area contributed by atoms with E-state index in [-0.39, 0.29) is 18.4 Å². The molecule has 2 aromatic carbocycles. The number of para-hydroxylation sites is 1. The van der Waals surface area contributed by atoms with Crippen molar-refractivity contribution in [3.63, 3.8) is 0 Å². The van der Waals surface area contributed by atoms with Crippen LogP contribution >= 0.6 is 0 Å². The average Bonchev–Trinajstić information content (AvgIpc) is 2.66. The van der Waals surface area contributed by atoms with Crippen molar-refractivity contribution in [3.05, 3.63) is 59.2 Å². The minimum Gasteiger partial charge on any atom is -0.497 e. The van der Waals surface area contributed by atoms with Gasteiger partial charge in [-0.2, -0.15) is 0 Å². The number of carbonyl (C=O) groups excluding carboxylic acids is 2. The summed E-state index contributed by atoms with van der Waals surface area (Å²) in [5.41, 5.74) is 4.06. The third-order valence-electron chi connectivity index (χ3n) is 4.61. The quantitative estimate of drug-likeness (QED) is 0.775. The van der Waals surface area contributed by atoms with Crippen LogP contribution in [0, 0.1) is 6.92 Å². The first-order valence-corrected chi connectivity index (χ1v) is 9.21. The zero-order valence-electron chi connectivity index (χ0n) is 16.5. The Morgan fingerprint density at radius 1 is 1.11 bits per heavy atom. The fraction of sp³-hybridized carbons (Fsp3) is 0.364. The van der Waals surface area contributed by atoms with Crippen LogP contribution in [0.1, 0.15) is 30.5 Å².